The van der Waals surface area contributed by atoms with Crippen LogP contribution < -0.4 is 5.32 Å². The normalized spacial score (nSPS) is 21.9. The summed E-state index contributed by atoms with van der Waals surface area (Å²) in [5.41, 5.74) is 4.88. The Morgan fingerprint density at radius 3 is 2.38 bits per heavy atom. The number of Topliss-reactive ketones (excluding diaryl/α,β-unsaturated/α-hetero) is 1. The summed E-state index contributed by atoms with van der Waals surface area (Å²) >= 11 is 0. The molecule has 2 aliphatic rings. The summed E-state index contributed by atoms with van der Waals surface area (Å²) in [7, 11) is 0. The number of allylic oxidation sites excluding steroid dienone is 3. The van der Waals surface area contributed by atoms with Gasteiger partial charge in [-0.15, -0.1) is 0 Å². The van der Waals surface area contributed by atoms with Gasteiger partial charge in [-0.1, -0.05) is 72.8 Å². The third kappa shape index (κ3) is 4.29. The molecule has 3 atom stereocenters. The zero-order chi connectivity index (χ0) is 23.5. The van der Waals surface area contributed by atoms with Crippen molar-refractivity contribution >= 4 is 11.8 Å². The molecule has 1 aromatic heterocycles. The summed E-state index contributed by atoms with van der Waals surface area (Å²) < 4.78 is 5.71. The van der Waals surface area contributed by atoms with Gasteiger partial charge in [0, 0.05) is 42.0 Å². The number of nitrogens with zero attached hydrogens (tertiary/aromatic N) is 1. The van der Waals surface area contributed by atoms with Gasteiger partial charge in [-0.25, -0.2) is 4.79 Å². The molecule has 3 aromatic rings. The van der Waals surface area contributed by atoms with Gasteiger partial charge in [0.1, 0.15) is 12.4 Å². The summed E-state index contributed by atoms with van der Waals surface area (Å²) in [5.74, 6) is -1.24. The third-order valence-electron chi connectivity index (χ3n) is 6.57. The minimum absolute atomic E-state index is 0.00128. The number of hydrogen-bond donors (Lipinski definition) is 1. The maximum atomic E-state index is 13.6. The van der Waals surface area contributed by atoms with E-state index in [1.807, 2.05) is 79.7 Å². The van der Waals surface area contributed by atoms with Crippen LogP contribution in [0, 0.1) is 5.92 Å². The van der Waals surface area contributed by atoms with E-state index in [1.54, 1.807) is 12.4 Å². The molecule has 34 heavy (non-hydrogen) atoms. The Morgan fingerprint density at radius 2 is 1.68 bits per heavy atom. The Balaban J connectivity index is 1.52. The molecular formula is C29H26N2O3. The van der Waals surface area contributed by atoms with Crippen LogP contribution in [-0.2, 0) is 20.9 Å². The first-order valence-corrected chi connectivity index (χ1v) is 11.5. The average molecular weight is 451 g/mol. The van der Waals surface area contributed by atoms with E-state index in [-0.39, 0.29) is 18.3 Å². The molecular weight excluding hydrogens is 424 g/mol. The van der Waals surface area contributed by atoms with E-state index < -0.39 is 17.8 Å². The minimum atomic E-state index is -0.480. The lowest BCUT2D eigenvalue weighted by Crippen LogP contribution is -2.42. The van der Waals surface area contributed by atoms with Gasteiger partial charge in [0.15, 0.2) is 0 Å². The van der Waals surface area contributed by atoms with Crippen molar-refractivity contribution in [1.29, 1.82) is 0 Å². The molecule has 0 amide bonds. The van der Waals surface area contributed by atoms with E-state index in [2.05, 4.69) is 16.4 Å². The number of ether oxygens (including phenoxy) is 1. The first-order valence-electron chi connectivity index (χ1n) is 11.5. The molecule has 1 aliphatic heterocycles. The van der Waals surface area contributed by atoms with Crippen LogP contribution in [0.15, 0.2) is 108 Å². The zero-order valence-corrected chi connectivity index (χ0v) is 19.0. The van der Waals surface area contributed by atoms with Crippen molar-refractivity contribution in [3.05, 3.63) is 125 Å². The molecule has 1 aliphatic carbocycles. The summed E-state index contributed by atoms with van der Waals surface area (Å²) in [6, 6.07) is 23.4. The molecule has 3 unspecified atom stereocenters. The number of carbonyl (C=O) groups excluding carboxylic acids is 2. The molecule has 5 nitrogen and oxygen atoms in total. The fraction of sp³-hybridized carbons (Fsp3) is 0.207. The number of ketones is 1. The SMILES string of the molecule is CC1=C(C(=O)OCc2ccccc2)C(c2cccnc2)C2C(=O)CC(c3ccccc3)C=C2N1. The highest BCUT2D eigenvalue weighted by Crippen LogP contribution is 2.46. The standard InChI is InChI=1S/C29H26N2O3/c1-19-26(29(33)34-18-20-9-4-2-5-10-20)27(22-13-8-14-30-17-22)28-24(31-19)15-23(16-25(28)32)21-11-6-3-7-12-21/h2-15,17,23,27-28,31H,16,18H2,1H3. The van der Waals surface area contributed by atoms with Gasteiger partial charge in [-0.3, -0.25) is 9.78 Å². The van der Waals surface area contributed by atoms with Crippen molar-refractivity contribution in [2.45, 2.75) is 31.8 Å². The molecule has 2 aromatic carbocycles. The second-order valence-corrected chi connectivity index (χ2v) is 8.78. The number of esters is 1. The van der Waals surface area contributed by atoms with E-state index in [9.17, 15) is 9.59 Å². The van der Waals surface area contributed by atoms with E-state index in [4.69, 9.17) is 4.74 Å². The van der Waals surface area contributed by atoms with Crippen LogP contribution in [0.3, 0.4) is 0 Å². The largest absolute Gasteiger partial charge is 0.457 e. The van der Waals surface area contributed by atoms with Crippen LogP contribution in [0.1, 0.15) is 41.9 Å². The summed E-state index contributed by atoms with van der Waals surface area (Å²) in [5, 5.41) is 3.38. The molecule has 5 heteroatoms. The van der Waals surface area contributed by atoms with Crippen LogP contribution in [0.2, 0.25) is 0 Å². The topological polar surface area (TPSA) is 68.3 Å². The predicted molar refractivity (Wildman–Crippen MR) is 129 cm³/mol. The second kappa shape index (κ2) is 9.48. The Morgan fingerprint density at radius 1 is 0.971 bits per heavy atom. The van der Waals surface area contributed by atoms with Crippen LogP contribution in [0.25, 0.3) is 0 Å². The van der Waals surface area contributed by atoms with Gasteiger partial charge in [0.05, 0.1) is 11.5 Å². The van der Waals surface area contributed by atoms with E-state index in [0.717, 1.165) is 22.4 Å². The summed E-state index contributed by atoms with van der Waals surface area (Å²) in [4.78, 5) is 31.2. The Kier molecular flexibility index (Phi) is 6.09. The number of benzene rings is 2. The summed E-state index contributed by atoms with van der Waals surface area (Å²) in [6.45, 7) is 2.05. The lowest BCUT2D eigenvalue weighted by Gasteiger charge is -2.39. The molecule has 0 bridgehead atoms. The van der Waals surface area contributed by atoms with Crippen molar-refractivity contribution in [2.24, 2.45) is 5.92 Å². The summed E-state index contributed by atoms with van der Waals surface area (Å²) in [6.07, 6.45) is 5.96. The number of fused-ring (bicyclic) bond motifs is 1. The van der Waals surface area contributed by atoms with Crippen molar-refractivity contribution in [3.8, 4) is 0 Å². The van der Waals surface area contributed by atoms with Crippen LogP contribution >= 0.6 is 0 Å². The minimum Gasteiger partial charge on any atom is -0.457 e. The van der Waals surface area contributed by atoms with Gasteiger partial charge >= 0.3 is 5.97 Å². The van der Waals surface area contributed by atoms with Gasteiger partial charge in [-0.05, 0) is 29.7 Å². The number of rotatable bonds is 5. The van der Waals surface area contributed by atoms with Gasteiger partial charge in [0.2, 0.25) is 0 Å². The number of hydrogen-bond acceptors (Lipinski definition) is 5. The first kappa shape index (κ1) is 21.8. The first-order chi connectivity index (χ1) is 16.6. The molecule has 1 N–H and O–H groups in total. The van der Waals surface area contributed by atoms with E-state index >= 15 is 0 Å². The van der Waals surface area contributed by atoms with E-state index in [0.29, 0.717) is 17.7 Å². The highest BCUT2D eigenvalue weighted by atomic mass is 16.5. The molecule has 2 heterocycles. The number of aromatic nitrogens is 1. The fourth-order valence-electron chi connectivity index (χ4n) is 4.98. The van der Waals surface area contributed by atoms with Gasteiger partial charge in [0.25, 0.3) is 0 Å². The molecule has 0 fully saturated rings. The highest BCUT2D eigenvalue weighted by molar-refractivity contribution is 5.96. The zero-order valence-electron chi connectivity index (χ0n) is 19.0. The smallest absolute Gasteiger partial charge is 0.336 e. The maximum Gasteiger partial charge on any atom is 0.336 e. The third-order valence-corrected chi connectivity index (χ3v) is 6.57. The van der Waals surface area contributed by atoms with Crippen LogP contribution in [0.4, 0.5) is 0 Å². The molecule has 0 saturated carbocycles. The number of pyridine rings is 1. The molecule has 0 saturated heterocycles. The van der Waals surface area contributed by atoms with Crippen molar-refractivity contribution in [2.75, 3.05) is 0 Å². The predicted octanol–water partition coefficient (Wildman–Crippen LogP) is 5.04. The monoisotopic (exact) mass is 450 g/mol. The Bertz CT molecular complexity index is 1250. The Hall–Kier alpha value is -3.99. The quantitative estimate of drug-likeness (QED) is 0.552. The lowest BCUT2D eigenvalue weighted by molar-refractivity contribution is -0.141. The lowest BCUT2D eigenvalue weighted by atomic mass is 9.69. The van der Waals surface area contributed by atoms with Crippen LogP contribution in [0.5, 0.6) is 0 Å². The fourth-order valence-corrected chi connectivity index (χ4v) is 4.98. The van der Waals surface area contributed by atoms with Crippen LogP contribution in [-0.4, -0.2) is 16.7 Å². The van der Waals surface area contributed by atoms with E-state index in [1.165, 1.54) is 0 Å². The number of carbonyl (C=O) groups is 2. The average Bonchev–Trinajstić information content (AvgIpc) is 2.88. The molecule has 170 valence electrons. The molecule has 0 radical (unpaired) electrons. The maximum absolute atomic E-state index is 13.6. The second-order valence-electron chi connectivity index (χ2n) is 8.78. The highest BCUT2D eigenvalue weighted by Gasteiger charge is 2.45. The van der Waals surface area contributed by atoms with Gasteiger partial charge < -0.3 is 10.1 Å². The van der Waals surface area contributed by atoms with Crippen molar-refractivity contribution < 1.29 is 14.3 Å². The number of nitrogens with one attached hydrogen (secondary N) is 1. The van der Waals surface area contributed by atoms with Crippen molar-refractivity contribution in [3.63, 3.8) is 0 Å². The van der Waals surface area contributed by atoms with Gasteiger partial charge in [-0.2, -0.15) is 0 Å². The van der Waals surface area contributed by atoms with Crippen molar-refractivity contribution in [1.82, 2.24) is 10.3 Å². The molecule has 0 spiro atoms. The molecule has 5 rings (SSSR count). The Labute approximate surface area is 199 Å².